The van der Waals surface area contributed by atoms with Gasteiger partial charge in [0.25, 0.3) is 0 Å². The van der Waals surface area contributed by atoms with Crippen LogP contribution in [0.4, 0.5) is 4.79 Å². The third-order valence-corrected chi connectivity index (χ3v) is 4.19. The predicted molar refractivity (Wildman–Crippen MR) is 77.0 cm³/mol. The van der Waals surface area contributed by atoms with E-state index in [1.165, 1.54) is 11.1 Å². The van der Waals surface area contributed by atoms with Crippen molar-refractivity contribution < 1.29 is 19.5 Å². The summed E-state index contributed by atoms with van der Waals surface area (Å²) in [6.45, 7) is 1.75. The molecule has 0 bridgehead atoms. The molecule has 1 fully saturated rings. The number of fused-ring (bicyclic) bond motifs is 1. The van der Waals surface area contributed by atoms with E-state index in [1.807, 2.05) is 18.2 Å². The minimum Gasteiger partial charge on any atom is -0.480 e. The van der Waals surface area contributed by atoms with E-state index in [0.29, 0.717) is 13.1 Å². The highest BCUT2D eigenvalue weighted by atomic mass is 16.4. The maximum Gasteiger partial charge on any atom is 0.327 e. The lowest BCUT2D eigenvalue weighted by Crippen LogP contribution is -2.63. The zero-order chi connectivity index (χ0) is 15.7. The van der Waals surface area contributed by atoms with Gasteiger partial charge in [-0.25, -0.2) is 9.59 Å². The number of aliphatic carboxylic acids is 1. The third-order valence-electron chi connectivity index (χ3n) is 4.19. The van der Waals surface area contributed by atoms with E-state index in [2.05, 4.69) is 21.6 Å². The number of carbonyl (C=O) groups excluding carboxylic acids is 2. The van der Waals surface area contributed by atoms with Gasteiger partial charge in [0.1, 0.15) is 6.04 Å². The van der Waals surface area contributed by atoms with Crippen molar-refractivity contribution in [1.82, 2.24) is 15.5 Å². The van der Waals surface area contributed by atoms with E-state index < -0.39 is 29.9 Å². The zero-order valence-electron chi connectivity index (χ0n) is 11.9. The Labute approximate surface area is 127 Å². The molecule has 3 amide bonds. The van der Waals surface area contributed by atoms with Crippen LogP contribution in [-0.2, 0) is 22.6 Å². The van der Waals surface area contributed by atoms with Crippen molar-refractivity contribution in [2.75, 3.05) is 13.1 Å². The van der Waals surface area contributed by atoms with E-state index in [9.17, 15) is 19.5 Å². The fourth-order valence-electron chi connectivity index (χ4n) is 3.04. The molecule has 3 rings (SSSR count). The second kappa shape index (κ2) is 5.76. The van der Waals surface area contributed by atoms with Crippen LogP contribution in [0, 0.1) is 5.92 Å². The molecule has 0 saturated carbocycles. The highest BCUT2D eigenvalue weighted by molar-refractivity contribution is 6.02. The molecule has 2 unspecified atom stereocenters. The van der Waals surface area contributed by atoms with Gasteiger partial charge in [-0.3, -0.25) is 15.0 Å². The Hall–Kier alpha value is -2.41. The summed E-state index contributed by atoms with van der Waals surface area (Å²) >= 11 is 0. The fourth-order valence-corrected chi connectivity index (χ4v) is 3.04. The second-order valence-electron chi connectivity index (χ2n) is 5.64. The quantitative estimate of drug-likeness (QED) is 0.727. The smallest absolute Gasteiger partial charge is 0.327 e. The minimum atomic E-state index is -1.19. The molecule has 1 aromatic carbocycles. The summed E-state index contributed by atoms with van der Waals surface area (Å²) in [6, 6.07) is 6.16. The monoisotopic (exact) mass is 303 g/mol. The summed E-state index contributed by atoms with van der Waals surface area (Å²) in [4.78, 5) is 36.6. The predicted octanol–water partition coefficient (Wildman–Crippen LogP) is -0.0465. The number of benzene rings is 1. The number of imide groups is 1. The van der Waals surface area contributed by atoms with Crippen LogP contribution in [0.3, 0.4) is 0 Å². The molecule has 2 heterocycles. The zero-order valence-corrected chi connectivity index (χ0v) is 11.9. The van der Waals surface area contributed by atoms with Crippen LogP contribution in [0.25, 0.3) is 0 Å². The summed E-state index contributed by atoms with van der Waals surface area (Å²) in [5.41, 5.74) is 2.48. The molecule has 7 nitrogen and oxygen atoms in total. The molecule has 1 aromatic rings. The number of carbonyl (C=O) groups is 3. The Morgan fingerprint density at radius 2 is 2.00 bits per heavy atom. The summed E-state index contributed by atoms with van der Waals surface area (Å²) in [6.07, 6.45) is 0.870. The molecule has 22 heavy (non-hydrogen) atoms. The summed E-state index contributed by atoms with van der Waals surface area (Å²) in [7, 11) is 0. The number of nitrogens with zero attached hydrogens (tertiary/aromatic N) is 1. The highest BCUT2D eigenvalue weighted by Gasteiger charge is 2.41. The van der Waals surface area contributed by atoms with Crippen molar-refractivity contribution in [2.24, 2.45) is 5.92 Å². The number of amides is 3. The maximum atomic E-state index is 12.0. The van der Waals surface area contributed by atoms with E-state index in [-0.39, 0.29) is 0 Å². The lowest BCUT2D eigenvalue weighted by Gasteiger charge is -2.35. The molecule has 2 aliphatic heterocycles. The average molecular weight is 303 g/mol. The van der Waals surface area contributed by atoms with Crippen LogP contribution in [0.15, 0.2) is 24.3 Å². The first kappa shape index (κ1) is 14.5. The first-order chi connectivity index (χ1) is 10.5. The number of hydrogen-bond acceptors (Lipinski definition) is 4. The molecule has 0 radical (unpaired) electrons. The fraction of sp³-hybridized carbons (Fsp3) is 0.400. The van der Waals surface area contributed by atoms with Gasteiger partial charge in [0.15, 0.2) is 0 Å². The first-order valence-electron chi connectivity index (χ1n) is 7.18. The van der Waals surface area contributed by atoms with E-state index >= 15 is 0 Å². The van der Waals surface area contributed by atoms with Crippen LogP contribution in [0.1, 0.15) is 11.1 Å². The molecule has 116 valence electrons. The van der Waals surface area contributed by atoms with E-state index in [4.69, 9.17) is 0 Å². The average Bonchev–Trinajstić information content (AvgIpc) is 2.49. The summed E-state index contributed by atoms with van der Waals surface area (Å²) in [5.74, 6) is -2.51. The minimum absolute atomic E-state index is 0.303. The number of carboxylic acid groups (broad SMARTS) is 1. The number of nitrogens with one attached hydrogen (secondary N) is 2. The Balaban J connectivity index is 1.73. The molecular weight excluding hydrogens is 286 g/mol. The molecule has 1 saturated heterocycles. The topological polar surface area (TPSA) is 98.7 Å². The number of rotatable bonds is 3. The van der Waals surface area contributed by atoms with Gasteiger partial charge in [0, 0.05) is 19.6 Å². The molecule has 0 aromatic heterocycles. The Kier molecular flexibility index (Phi) is 3.81. The molecule has 2 aliphatic rings. The normalized spacial score (nSPS) is 25.1. The van der Waals surface area contributed by atoms with Gasteiger partial charge in [-0.05, 0) is 17.5 Å². The molecule has 3 N–H and O–H groups in total. The number of hydrogen-bond donors (Lipinski definition) is 3. The van der Waals surface area contributed by atoms with Gasteiger partial charge in [-0.15, -0.1) is 0 Å². The maximum absolute atomic E-state index is 12.0. The summed E-state index contributed by atoms with van der Waals surface area (Å²) < 4.78 is 0. The van der Waals surface area contributed by atoms with Crippen LogP contribution >= 0.6 is 0 Å². The van der Waals surface area contributed by atoms with E-state index in [1.54, 1.807) is 0 Å². The molecule has 0 aliphatic carbocycles. The largest absolute Gasteiger partial charge is 0.480 e. The summed E-state index contributed by atoms with van der Waals surface area (Å²) in [5, 5.41) is 13.7. The van der Waals surface area contributed by atoms with Gasteiger partial charge in [-0.2, -0.15) is 0 Å². The van der Waals surface area contributed by atoms with Crippen molar-refractivity contribution in [3.05, 3.63) is 35.4 Å². The number of carboxylic acids is 1. The van der Waals surface area contributed by atoms with Crippen LogP contribution < -0.4 is 10.6 Å². The lowest BCUT2D eigenvalue weighted by molar-refractivity contribution is -0.145. The van der Waals surface area contributed by atoms with Crippen molar-refractivity contribution in [3.8, 4) is 0 Å². The number of urea groups is 1. The Morgan fingerprint density at radius 1 is 1.27 bits per heavy atom. The second-order valence-corrected chi connectivity index (χ2v) is 5.64. The van der Waals surface area contributed by atoms with Crippen LogP contribution in [-0.4, -0.2) is 47.0 Å². The first-order valence-corrected chi connectivity index (χ1v) is 7.18. The SMILES string of the molecule is O=C1NC(=O)C(CN2CCc3ccccc3C2)C(C(=O)O)N1. The lowest BCUT2D eigenvalue weighted by atomic mass is 9.94. The molecule has 2 atom stereocenters. The van der Waals surface area contributed by atoms with Crippen LogP contribution in [0.2, 0.25) is 0 Å². The van der Waals surface area contributed by atoms with Gasteiger partial charge in [-0.1, -0.05) is 24.3 Å². The third kappa shape index (κ3) is 2.80. The molecule has 0 spiro atoms. The van der Waals surface area contributed by atoms with Gasteiger partial charge < -0.3 is 10.4 Å². The molecular formula is C15H17N3O4. The van der Waals surface area contributed by atoms with E-state index in [0.717, 1.165) is 13.0 Å². The van der Waals surface area contributed by atoms with Crippen molar-refractivity contribution in [3.63, 3.8) is 0 Å². The van der Waals surface area contributed by atoms with Crippen molar-refractivity contribution in [2.45, 2.75) is 19.0 Å². The Morgan fingerprint density at radius 3 is 2.73 bits per heavy atom. The van der Waals surface area contributed by atoms with Gasteiger partial charge in [0.2, 0.25) is 5.91 Å². The molecule has 7 heteroatoms. The van der Waals surface area contributed by atoms with Crippen LogP contribution in [0.5, 0.6) is 0 Å². The van der Waals surface area contributed by atoms with Crippen molar-refractivity contribution >= 4 is 17.9 Å². The standard InChI is InChI=1S/C15H17N3O4/c19-13-11(12(14(20)21)16-15(22)17-13)8-18-6-5-9-3-1-2-4-10(9)7-18/h1-4,11-12H,5-8H2,(H,20,21)(H2,16,17,19,22). The Bertz CT molecular complexity index is 631. The van der Waals surface area contributed by atoms with Gasteiger partial charge in [0.05, 0.1) is 5.92 Å². The van der Waals surface area contributed by atoms with Crippen molar-refractivity contribution in [1.29, 1.82) is 0 Å². The highest BCUT2D eigenvalue weighted by Crippen LogP contribution is 2.21. The van der Waals surface area contributed by atoms with Gasteiger partial charge >= 0.3 is 12.0 Å².